The van der Waals surface area contributed by atoms with Gasteiger partial charge in [-0.2, -0.15) is 0 Å². The number of ether oxygens (including phenoxy) is 1. The lowest BCUT2D eigenvalue weighted by Crippen LogP contribution is -2.05. The highest BCUT2D eigenvalue weighted by atomic mass is 35.5. The Labute approximate surface area is 114 Å². The fraction of sp³-hybridized carbons (Fsp3) is 0.0714. The number of anilines is 1. The van der Waals surface area contributed by atoms with E-state index in [0.29, 0.717) is 16.3 Å². The third-order valence-corrected chi connectivity index (χ3v) is 2.90. The van der Waals surface area contributed by atoms with E-state index < -0.39 is 5.82 Å². The summed E-state index contributed by atoms with van der Waals surface area (Å²) in [6.07, 6.45) is 0. The lowest BCUT2D eigenvalue weighted by atomic mass is 10.0. The van der Waals surface area contributed by atoms with Crippen LogP contribution in [0.25, 0.3) is 0 Å². The number of methoxy groups -OCH3 is 1. The number of benzene rings is 2. The lowest BCUT2D eigenvalue weighted by Gasteiger charge is -2.08. The van der Waals surface area contributed by atoms with Gasteiger partial charge < -0.3 is 10.5 Å². The molecule has 0 saturated heterocycles. The maximum Gasteiger partial charge on any atom is 0.196 e. The summed E-state index contributed by atoms with van der Waals surface area (Å²) in [6, 6.07) is 8.53. The third-order valence-electron chi connectivity index (χ3n) is 2.66. The standard InChI is InChI=1S/C14H11ClFNO2/c1-19-13-5-3-9(15)7-10(13)14(18)8-2-4-11(16)12(17)6-8/h2-7H,17H2,1H3. The Kier molecular flexibility index (Phi) is 3.71. The summed E-state index contributed by atoms with van der Waals surface area (Å²) in [5, 5.41) is 0.416. The van der Waals surface area contributed by atoms with Crippen molar-refractivity contribution in [1.82, 2.24) is 0 Å². The van der Waals surface area contributed by atoms with Gasteiger partial charge in [-0.15, -0.1) is 0 Å². The Balaban J connectivity index is 2.49. The smallest absolute Gasteiger partial charge is 0.196 e. The monoisotopic (exact) mass is 279 g/mol. The number of halogens is 2. The molecule has 0 amide bonds. The number of ketones is 1. The van der Waals surface area contributed by atoms with Crippen molar-refractivity contribution in [3.8, 4) is 5.75 Å². The number of nitrogens with two attached hydrogens (primary N) is 1. The van der Waals surface area contributed by atoms with Crippen molar-refractivity contribution in [2.75, 3.05) is 12.8 Å². The predicted octanol–water partition coefficient (Wildman–Crippen LogP) is 3.30. The molecule has 2 N–H and O–H groups in total. The van der Waals surface area contributed by atoms with Crippen LogP contribution < -0.4 is 10.5 Å². The second kappa shape index (κ2) is 5.28. The molecule has 0 aromatic heterocycles. The van der Waals surface area contributed by atoms with Crippen LogP contribution in [0, 0.1) is 5.82 Å². The van der Waals surface area contributed by atoms with Gasteiger partial charge in [0, 0.05) is 10.6 Å². The first kappa shape index (κ1) is 13.4. The van der Waals surface area contributed by atoms with Crippen LogP contribution in [0.2, 0.25) is 5.02 Å². The van der Waals surface area contributed by atoms with Crippen molar-refractivity contribution in [2.24, 2.45) is 0 Å². The average Bonchev–Trinajstić information content (AvgIpc) is 2.41. The summed E-state index contributed by atoms with van der Waals surface area (Å²) in [6.45, 7) is 0. The predicted molar refractivity (Wildman–Crippen MR) is 72.2 cm³/mol. The molecule has 0 heterocycles. The first-order valence-corrected chi connectivity index (χ1v) is 5.84. The molecule has 98 valence electrons. The maximum absolute atomic E-state index is 13.1. The highest BCUT2D eigenvalue weighted by Crippen LogP contribution is 2.26. The molecule has 0 unspecified atom stereocenters. The third kappa shape index (κ3) is 2.69. The number of hydrogen-bond acceptors (Lipinski definition) is 3. The van der Waals surface area contributed by atoms with Crippen molar-refractivity contribution in [2.45, 2.75) is 0 Å². The van der Waals surface area contributed by atoms with Gasteiger partial charge in [-0.1, -0.05) is 11.6 Å². The number of rotatable bonds is 3. The van der Waals surface area contributed by atoms with Gasteiger partial charge in [0.25, 0.3) is 0 Å². The van der Waals surface area contributed by atoms with Gasteiger partial charge in [0.1, 0.15) is 11.6 Å². The molecule has 0 aliphatic heterocycles. The van der Waals surface area contributed by atoms with E-state index in [0.717, 1.165) is 6.07 Å². The van der Waals surface area contributed by atoms with Gasteiger partial charge in [-0.3, -0.25) is 4.79 Å². The molecule has 5 heteroatoms. The summed E-state index contributed by atoms with van der Waals surface area (Å²) < 4.78 is 18.2. The molecule has 0 saturated carbocycles. The normalized spacial score (nSPS) is 10.3. The van der Waals surface area contributed by atoms with Crippen molar-refractivity contribution in [3.05, 3.63) is 58.4 Å². The van der Waals surface area contributed by atoms with Gasteiger partial charge in [0.15, 0.2) is 5.78 Å². The summed E-state index contributed by atoms with van der Waals surface area (Å²) in [4.78, 5) is 12.3. The van der Waals surface area contributed by atoms with Gasteiger partial charge in [0.05, 0.1) is 18.4 Å². The first-order chi connectivity index (χ1) is 9.02. The van der Waals surface area contributed by atoms with E-state index >= 15 is 0 Å². The fourth-order valence-electron chi connectivity index (χ4n) is 1.70. The Bertz CT molecular complexity index is 643. The molecule has 2 rings (SSSR count). The Hall–Kier alpha value is -2.07. The van der Waals surface area contributed by atoms with Crippen LogP contribution in [0.4, 0.5) is 10.1 Å². The van der Waals surface area contributed by atoms with Gasteiger partial charge in [-0.25, -0.2) is 4.39 Å². The highest BCUT2D eigenvalue weighted by Gasteiger charge is 2.16. The molecule has 0 radical (unpaired) electrons. The molecule has 0 bridgehead atoms. The van der Waals surface area contributed by atoms with E-state index in [1.54, 1.807) is 12.1 Å². The van der Waals surface area contributed by atoms with Crippen LogP contribution in [0.5, 0.6) is 5.75 Å². The van der Waals surface area contributed by atoms with Crippen LogP contribution in [-0.2, 0) is 0 Å². The molecule has 19 heavy (non-hydrogen) atoms. The second-order valence-electron chi connectivity index (χ2n) is 3.91. The topological polar surface area (TPSA) is 52.3 Å². The highest BCUT2D eigenvalue weighted by molar-refractivity contribution is 6.31. The molecule has 0 aliphatic carbocycles. The van der Waals surface area contributed by atoms with E-state index in [9.17, 15) is 9.18 Å². The molecule has 2 aromatic rings. The summed E-state index contributed by atoms with van der Waals surface area (Å²) in [5.41, 5.74) is 5.96. The minimum absolute atomic E-state index is 0.0770. The minimum atomic E-state index is -0.561. The minimum Gasteiger partial charge on any atom is -0.496 e. The zero-order chi connectivity index (χ0) is 14.0. The maximum atomic E-state index is 13.1. The SMILES string of the molecule is COc1ccc(Cl)cc1C(=O)c1ccc(F)c(N)c1. The summed E-state index contributed by atoms with van der Waals surface area (Å²) in [5.74, 6) is -0.488. The number of carbonyl (C=O) groups is 1. The number of hydrogen-bond donors (Lipinski definition) is 1. The fourth-order valence-corrected chi connectivity index (χ4v) is 1.87. The Morgan fingerprint density at radius 3 is 2.63 bits per heavy atom. The van der Waals surface area contributed by atoms with Crippen LogP contribution >= 0.6 is 11.6 Å². The van der Waals surface area contributed by atoms with E-state index in [2.05, 4.69) is 0 Å². The molecule has 0 aliphatic rings. The van der Waals surface area contributed by atoms with Gasteiger partial charge >= 0.3 is 0 Å². The van der Waals surface area contributed by atoms with Gasteiger partial charge in [-0.05, 0) is 36.4 Å². The molecule has 0 atom stereocenters. The summed E-state index contributed by atoms with van der Waals surface area (Å²) in [7, 11) is 1.46. The lowest BCUT2D eigenvalue weighted by molar-refractivity contribution is 0.103. The number of nitrogen functional groups attached to an aromatic ring is 1. The van der Waals surface area contributed by atoms with Crippen molar-refractivity contribution < 1.29 is 13.9 Å². The second-order valence-corrected chi connectivity index (χ2v) is 4.35. The molecule has 0 fully saturated rings. The molecular weight excluding hydrogens is 269 g/mol. The Morgan fingerprint density at radius 2 is 2.00 bits per heavy atom. The van der Waals surface area contributed by atoms with Crippen molar-refractivity contribution in [1.29, 1.82) is 0 Å². The zero-order valence-electron chi connectivity index (χ0n) is 10.1. The zero-order valence-corrected chi connectivity index (χ0v) is 10.9. The molecule has 0 spiro atoms. The molecule has 3 nitrogen and oxygen atoms in total. The van der Waals surface area contributed by atoms with E-state index in [4.69, 9.17) is 22.1 Å². The van der Waals surface area contributed by atoms with Gasteiger partial charge in [0.2, 0.25) is 0 Å². The molecular formula is C14H11ClFNO2. The number of carbonyl (C=O) groups excluding carboxylic acids is 1. The van der Waals surface area contributed by atoms with E-state index in [1.807, 2.05) is 0 Å². The van der Waals surface area contributed by atoms with E-state index in [-0.39, 0.29) is 17.0 Å². The van der Waals surface area contributed by atoms with Crippen molar-refractivity contribution >= 4 is 23.1 Å². The van der Waals surface area contributed by atoms with Crippen LogP contribution in [0.3, 0.4) is 0 Å². The first-order valence-electron chi connectivity index (χ1n) is 5.46. The average molecular weight is 280 g/mol. The quantitative estimate of drug-likeness (QED) is 0.693. The van der Waals surface area contributed by atoms with E-state index in [1.165, 1.54) is 25.3 Å². The van der Waals surface area contributed by atoms with Crippen LogP contribution in [-0.4, -0.2) is 12.9 Å². The largest absolute Gasteiger partial charge is 0.496 e. The summed E-state index contributed by atoms with van der Waals surface area (Å²) >= 11 is 5.87. The van der Waals surface area contributed by atoms with Crippen molar-refractivity contribution in [3.63, 3.8) is 0 Å². The van der Waals surface area contributed by atoms with Crippen LogP contribution in [0.15, 0.2) is 36.4 Å². The Morgan fingerprint density at radius 1 is 1.26 bits per heavy atom. The van der Waals surface area contributed by atoms with Crippen LogP contribution in [0.1, 0.15) is 15.9 Å². The molecule has 2 aromatic carbocycles.